The Hall–Kier alpha value is -2.98. The zero-order valence-electron chi connectivity index (χ0n) is 14.7. The summed E-state index contributed by atoms with van der Waals surface area (Å²) in [6.45, 7) is -0.431. The minimum atomic E-state index is -3.95. The van der Waals surface area contributed by atoms with Gasteiger partial charge in [0.05, 0.1) is 28.4 Å². The highest BCUT2D eigenvalue weighted by molar-refractivity contribution is 7.89. The maximum Gasteiger partial charge on any atom is 0.254 e. The molecule has 0 heterocycles. The zero-order chi connectivity index (χ0) is 20.2. The molecule has 0 bridgehead atoms. The number of benzene rings is 2. The molecule has 8 nitrogen and oxygen atoms in total. The average molecular weight is 394 g/mol. The first-order chi connectivity index (χ1) is 12.6. The highest BCUT2D eigenvalue weighted by atomic mass is 32.2. The minimum Gasteiger partial charge on any atom is -0.376 e. The van der Waals surface area contributed by atoms with Crippen molar-refractivity contribution in [1.82, 2.24) is 5.32 Å². The fourth-order valence-electron chi connectivity index (χ4n) is 2.28. The van der Waals surface area contributed by atoms with Gasteiger partial charge in [-0.3, -0.25) is 9.59 Å². The van der Waals surface area contributed by atoms with E-state index in [4.69, 9.17) is 5.14 Å². The number of halogens is 1. The van der Waals surface area contributed by atoms with Crippen LogP contribution in [0.5, 0.6) is 0 Å². The van der Waals surface area contributed by atoms with E-state index in [1.165, 1.54) is 36.4 Å². The second-order valence-corrected chi connectivity index (χ2v) is 7.39. The van der Waals surface area contributed by atoms with Gasteiger partial charge in [0.2, 0.25) is 15.9 Å². The van der Waals surface area contributed by atoms with E-state index in [0.717, 1.165) is 6.07 Å². The van der Waals surface area contributed by atoms with E-state index < -0.39 is 34.2 Å². The van der Waals surface area contributed by atoms with E-state index >= 15 is 0 Å². The van der Waals surface area contributed by atoms with Crippen LogP contribution in [0, 0.1) is 5.82 Å². The molecule has 0 spiro atoms. The summed E-state index contributed by atoms with van der Waals surface area (Å²) in [5, 5.41) is 9.94. The maximum absolute atomic E-state index is 13.6. The van der Waals surface area contributed by atoms with Crippen LogP contribution in [0.3, 0.4) is 0 Å². The third-order valence-electron chi connectivity index (χ3n) is 3.58. The van der Waals surface area contributed by atoms with Gasteiger partial charge in [-0.25, -0.2) is 17.9 Å². The number of rotatable bonds is 6. The molecule has 2 aromatic rings. The Morgan fingerprint density at radius 1 is 1.15 bits per heavy atom. The molecule has 2 amide bonds. The number of nitrogens with zero attached hydrogens (tertiary/aromatic N) is 1. The van der Waals surface area contributed by atoms with E-state index in [-0.39, 0.29) is 16.1 Å². The van der Waals surface area contributed by atoms with Crippen molar-refractivity contribution >= 4 is 33.2 Å². The molecule has 10 heteroatoms. The summed E-state index contributed by atoms with van der Waals surface area (Å²) in [5.41, 5.74) is 0.559. The second-order valence-electron chi connectivity index (χ2n) is 5.83. The lowest BCUT2D eigenvalue weighted by molar-refractivity contribution is -0.115. The van der Waals surface area contributed by atoms with Gasteiger partial charge in [-0.05, 0) is 30.3 Å². The first-order valence-electron chi connectivity index (χ1n) is 7.76. The molecule has 0 aliphatic rings. The molecule has 0 aliphatic carbocycles. The molecule has 27 heavy (non-hydrogen) atoms. The van der Waals surface area contributed by atoms with Crippen LogP contribution in [0.25, 0.3) is 0 Å². The monoisotopic (exact) mass is 394 g/mol. The van der Waals surface area contributed by atoms with Crippen molar-refractivity contribution in [3.8, 4) is 0 Å². The normalized spacial score (nSPS) is 11.0. The van der Waals surface area contributed by atoms with Gasteiger partial charge in [0, 0.05) is 14.1 Å². The van der Waals surface area contributed by atoms with Crippen LogP contribution in [0.2, 0.25) is 0 Å². The minimum absolute atomic E-state index is 0.168. The number of nitrogens with two attached hydrogens (primary N) is 1. The van der Waals surface area contributed by atoms with Gasteiger partial charge in [-0.1, -0.05) is 12.1 Å². The predicted octanol–water partition coefficient (Wildman–Crippen LogP) is 0.908. The summed E-state index contributed by atoms with van der Waals surface area (Å²) in [6.07, 6.45) is 0. The molecule has 0 aromatic heterocycles. The fraction of sp³-hybridized carbons (Fsp3) is 0.176. The summed E-state index contributed by atoms with van der Waals surface area (Å²) in [7, 11) is -0.532. The Labute approximate surface area is 156 Å². The van der Waals surface area contributed by atoms with Gasteiger partial charge in [-0.15, -0.1) is 0 Å². The van der Waals surface area contributed by atoms with E-state index in [2.05, 4.69) is 10.6 Å². The lowest BCUT2D eigenvalue weighted by Crippen LogP contribution is -2.33. The fourth-order valence-corrected chi connectivity index (χ4v) is 2.82. The average Bonchev–Trinajstić information content (AvgIpc) is 2.59. The van der Waals surface area contributed by atoms with Crippen molar-refractivity contribution in [2.24, 2.45) is 5.14 Å². The largest absolute Gasteiger partial charge is 0.376 e. The number of primary sulfonamides is 1. The van der Waals surface area contributed by atoms with Gasteiger partial charge in [0.25, 0.3) is 5.91 Å². The Morgan fingerprint density at radius 3 is 2.41 bits per heavy atom. The summed E-state index contributed by atoms with van der Waals surface area (Å²) < 4.78 is 36.6. The highest BCUT2D eigenvalue weighted by Crippen LogP contribution is 2.27. The highest BCUT2D eigenvalue weighted by Gasteiger charge is 2.16. The molecule has 0 saturated carbocycles. The number of anilines is 2. The Morgan fingerprint density at radius 2 is 1.81 bits per heavy atom. The molecule has 0 unspecified atom stereocenters. The smallest absolute Gasteiger partial charge is 0.254 e. The molecule has 0 saturated heterocycles. The zero-order valence-corrected chi connectivity index (χ0v) is 15.5. The van der Waals surface area contributed by atoms with Crippen molar-refractivity contribution in [3.05, 3.63) is 53.8 Å². The quantitative estimate of drug-likeness (QED) is 0.672. The lowest BCUT2D eigenvalue weighted by atomic mass is 10.2. The molecule has 0 radical (unpaired) electrons. The van der Waals surface area contributed by atoms with Crippen molar-refractivity contribution in [2.75, 3.05) is 30.9 Å². The predicted molar refractivity (Wildman–Crippen MR) is 99.5 cm³/mol. The Bertz CT molecular complexity index is 977. The Balaban J connectivity index is 2.13. The number of carbonyl (C=O) groups is 2. The lowest BCUT2D eigenvalue weighted by Gasteiger charge is -2.19. The first-order valence-corrected chi connectivity index (χ1v) is 9.31. The number of hydrogen-bond acceptors (Lipinski definition) is 5. The third-order valence-corrected chi connectivity index (χ3v) is 4.49. The molecule has 2 aromatic carbocycles. The molecule has 0 aliphatic heterocycles. The van der Waals surface area contributed by atoms with Crippen molar-refractivity contribution in [1.29, 1.82) is 0 Å². The maximum atomic E-state index is 13.6. The Kier molecular flexibility index (Phi) is 6.13. The second kappa shape index (κ2) is 8.14. The first kappa shape index (κ1) is 20.3. The summed E-state index contributed by atoms with van der Waals surface area (Å²) in [4.78, 5) is 25.6. The van der Waals surface area contributed by atoms with Gasteiger partial charge in [0.15, 0.2) is 0 Å². The number of nitrogens with one attached hydrogen (secondary N) is 2. The summed E-state index contributed by atoms with van der Waals surface area (Å²) >= 11 is 0. The van der Waals surface area contributed by atoms with Crippen molar-refractivity contribution in [2.45, 2.75) is 4.90 Å². The SMILES string of the molecule is CN(C)c1ccc(S(N)(=O)=O)cc1NC(=O)CNC(=O)c1ccccc1F. The third kappa shape index (κ3) is 5.25. The molecule has 144 valence electrons. The number of sulfonamides is 1. The standard InChI is InChI=1S/C17H19FN4O4S/c1-22(2)15-8-7-11(27(19,25)26)9-14(15)21-16(23)10-20-17(24)12-5-3-4-6-13(12)18/h3-9H,10H2,1-2H3,(H,20,24)(H,21,23)(H2,19,25,26). The molecular weight excluding hydrogens is 375 g/mol. The van der Waals surface area contributed by atoms with E-state index in [1.807, 2.05) is 0 Å². The molecule has 4 N–H and O–H groups in total. The van der Waals surface area contributed by atoms with Crippen LogP contribution in [0.4, 0.5) is 15.8 Å². The number of hydrogen-bond donors (Lipinski definition) is 3. The van der Waals surface area contributed by atoms with Crippen molar-refractivity contribution in [3.63, 3.8) is 0 Å². The van der Waals surface area contributed by atoms with Gasteiger partial charge < -0.3 is 15.5 Å². The van der Waals surface area contributed by atoms with E-state index in [0.29, 0.717) is 5.69 Å². The van der Waals surface area contributed by atoms with Crippen LogP contribution in [-0.4, -0.2) is 40.9 Å². The van der Waals surface area contributed by atoms with Crippen LogP contribution in [0.15, 0.2) is 47.4 Å². The van der Waals surface area contributed by atoms with Crippen LogP contribution in [0.1, 0.15) is 10.4 Å². The van der Waals surface area contributed by atoms with Crippen molar-refractivity contribution < 1.29 is 22.4 Å². The molecule has 2 rings (SSSR count). The topological polar surface area (TPSA) is 122 Å². The van der Waals surface area contributed by atoms with Crippen LogP contribution < -0.4 is 20.7 Å². The molecule has 0 atom stereocenters. The summed E-state index contributed by atoms with van der Waals surface area (Å²) in [6, 6.07) is 9.41. The van der Waals surface area contributed by atoms with Gasteiger partial charge in [0.1, 0.15) is 5.82 Å². The number of carbonyl (C=O) groups excluding carboxylic acids is 2. The summed E-state index contributed by atoms with van der Waals surface area (Å²) in [5.74, 6) is -2.06. The van der Waals surface area contributed by atoms with E-state index in [1.54, 1.807) is 19.0 Å². The van der Waals surface area contributed by atoms with Gasteiger partial charge >= 0.3 is 0 Å². The number of amides is 2. The van der Waals surface area contributed by atoms with Crippen LogP contribution in [-0.2, 0) is 14.8 Å². The van der Waals surface area contributed by atoms with Crippen LogP contribution >= 0.6 is 0 Å². The molecular formula is C17H19FN4O4S. The van der Waals surface area contributed by atoms with Gasteiger partial charge in [-0.2, -0.15) is 0 Å². The molecule has 0 fully saturated rings. The van der Waals surface area contributed by atoms with E-state index in [9.17, 15) is 22.4 Å².